The van der Waals surface area contributed by atoms with Crippen LogP contribution in [0, 0.1) is 6.92 Å². The Morgan fingerprint density at radius 2 is 2.14 bits per heavy atom. The maximum absolute atomic E-state index is 5.58. The number of aryl methyl sites for hydroxylation is 1. The first-order valence-electron chi connectivity index (χ1n) is 9.74. The van der Waals surface area contributed by atoms with E-state index < -0.39 is 0 Å². The average molecular weight is 407 g/mol. The summed E-state index contributed by atoms with van der Waals surface area (Å²) in [4.78, 5) is 5.81. The van der Waals surface area contributed by atoms with Gasteiger partial charge in [0.25, 0.3) is 0 Å². The first kappa shape index (κ1) is 18.1. The van der Waals surface area contributed by atoms with Gasteiger partial charge in [-0.3, -0.25) is 4.68 Å². The van der Waals surface area contributed by atoms with Crippen molar-refractivity contribution in [2.24, 2.45) is 0 Å². The number of aromatic nitrogens is 3. The van der Waals surface area contributed by atoms with Gasteiger partial charge in [-0.2, -0.15) is 5.10 Å². The van der Waals surface area contributed by atoms with Crippen LogP contribution >= 0.6 is 11.3 Å². The summed E-state index contributed by atoms with van der Waals surface area (Å²) in [6.45, 7) is 4.26. The molecule has 3 aromatic heterocycles. The summed E-state index contributed by atoms with van der Waals surface area (Å²) in [5.74, 6) is 0.875. The van der Waals surface area contributed by atoms with Crippen molar-refractivity contribution in [3.63, 3.8) is 0 Å². The highest BCUT2D eigenvalue weighted by atomic mass is 32.1. The van der Waals surface area contributed by atoms with E-state index in [9.17, 15) is 0 Å². The lowest BCUT2D eigenvalue weighted by Gasteiger charge is -2.08. The Bertz CT molecular complexity index is 1090. The van der Waals surface area contributed by atoms with Crippen molar-refractivity contribution >= 4 is 16.5 Å². The van der Waals surface area contributed by atoms with E-state index in [0.29, 0.717) is 12.6 Å². The topological polar surface area (TPSA) is 65.1 Å². The molecule has 5 rings (SSSR count). The molecule has 1 atom stereocenters. The van der Waals surface area contributed by atoms with Gasteiger partial charge in [0.05, 0.1) is 29.5 Å². The molecule has 0 unspecified atom stereocenters. The van der Waals surface area contributed by atoms with Crippen molar-refractivity contribution in [1.29, 1.82) is 0 Å². The molecule has 1 fully saturated rings. The average Bonchev–Trinajstić information content (AvgIpc) is 3.54. The molecule has 7 heteroatoms. The normalized spacial score (nSPS) is 16.4. The van der Waals surface area contributed by atoms with Crippen molar-refractivity contribution in [1.82, 2.24) is 14.8 Å². The van der Waals surface area contributed by atoms with Gasteiger partial charge in [-0.1, -0.05) is 35.6 Å². The first-order valence-corrected chi connectivity index (χ1v) is 10.6. The van der Waals surface area contributed by atoms with E-state index in [2.05, 4.69) is 23.5 Å². The van der Waals surface area contributed by atoms with E-state index in [1.165, 1.54) is 5.56 Å². The summed E-state index contributed by atoms with van der Waals surface area (Å²) < 4.78 is 13.1. The molecule has 4 aromatic rings. The van der Waals surface area contributed by atoms with Gasteiger partial charge in [-0.25, -0.2) is 4.98 Å². The van der Waals surface area contributed by atoms with Crippen molar-refractivity contribution in [3.8, 4) is 21.9 Å². The molecule has 0 bridgehead atoms. The summed E-state index contributed by atoms with van der Waals surface area (Å²) in [7, 11) is 0. The molecule has 6 nitrogen and oxygen atoms in total. The Kier molecular flexibility index (Phi) is 4.91. The first-order chi connectivity index (χ1) is 14.3. The van der Waals surface area contributed by atoms with Crippen molar-refractivity contribution in [2.75, 3.05) is 18.5 Å². The van der Waals surface area contributed by atoms with Gasteiger partial charge in [0.15, 0.2) is 5.13 Å². The second-order valence-corrected chi connectivity index (χ2v) is 8.12. The van der Waals surface area contributed by atoms with Gasteiger partial charge < -0.3 is 14.5 Å². The summed E-state index contributed by atoms with van der Waals surface area (Å²) in [5, 5.41) is 9.13. The zero-order valence-electron chi connectivity index (χ0n) is 16.2. The van der Waals surface area contributed by atoms with E-state index in [1.807, 2.05) is 42.1 Å². The molecule has 0 spiro atoms. The highest BCUT2D eigenvalue weighted by Crippen LogP contribution is 2.33. The summed E-state index contributed by atoms with van der Waals surface area (Å²) in [6, 6.07) is 14.6. The van der Waals surface area contributed by atoms with Crippen molar-refractivity contribution in [3.05, 3.63) is 66.2 Å². The van der Waals surface area contributed by atoms with Crippen LogP contribution in [0.5, 0.6) is 0 Å². The predicted molar refractivity (Wildman–Crippen MR) is 114 cm³/mol. The Morgan fingerprint density at radius 3 is 2.97 bits per heavy atom. The third kappa shape index (κ3) is 3.71. The third-order valence-electron chi connectivity index (χ3n) is 5.15. The molecule has 0 amide bonds. The molecule has 4 heterocycles. The van der Waals surface area contributed by atoms with Crippen LogP contribution in [0.15, 0.2) is 59.3 Å². The molecule has 148 valence electrons. The third-order valence-corrected chi connectivity index (χ3v) is 6.29. The highest BCUT2D eigenvalue weighted by molar-refractivity contribution is 7.19. The predicted octanol–water partition coefficient (Wildman–Crippen LogP) is 5.15. The lowest BCUT2D eigenvalue weighted by atomic mass is 10.1. The zero-order chi connectivity index (χ0) is 19.6. The second kappa shape index (κ2) is 7.85. The number of anilines is 1. The van der Waals surface area contributed by atoms with Crippen LogP contribution < -0.4 is 5.32 Å². The maximum atomic E-state index is 5.58. The standard InChI is InChI=1S/C22H22N4O2S/c1-15-21(19-8-10-26(25-19)17-9-12-27-14-17)29-22(24-15)23-13-16-5-2-3-6-18(16)20-7-4-11-28-20/h2-8,10-11,17H,9,12-14H2,1H3,(H,23,24)/t17-/m1/s1. The van der Waals surface area contributed by atoms with Crippen LogP contribution in [-0.4, -0.2) is 28.0 Å². The molecule has 29 heavy (non-hydrogen) atoms. The molecular weight excluding hydrogens is 384 g/mol. The minimum absolute atomic E-state index is 0.340. The smallest absolute Gasteiger partial charge is 0.183 e. The van der Waals surface area contributed by atoms with Crippen LogP contribution in [0.25, 0.3) is 21.9 Å². The zero-order valence-corrected chi connectivity index (χ0v) is 17.0. The van der Waals surface area contributed by atoms with Crippen molar-refractivity contribution < 1.29 is 9.15 Å². The van der Waals surface area contributed by atoms with E-state index in [4.69, 9.17) is 19.2 Å². The van der Waals surface area contributed by atoms with Crippen LogP contribution in [-0.2, 0) is 11.3 Å². The van der Waals surface area contributed by atoms with Crippen LogP contribution in [0.1, 0.15) is 23.7 Å². The van der Waals surface area contributed by atoms with E-state index in [1.54, 1.807) is 17.6 Å². The Balaban J connectivity index is 1.33. The fourth-order valence-electron chi connectivity index (χ4n) is 3.62. The maximum Gasteiger partial charge on any atom is 0.183 e. The van der Waals surface area contributed by atoms with Gasteiger partial charge in [0.2, 0.25) is 0 Å². The van der Waals surface area contributed by atoms with Gasteiger partial charge in [-0.05, 0) is 37.1 Å². The molecule has 0 aliphatic carbocycles. The molecule has 0 saturated carbocycles. The number of benzene rings is 1. The Hall–Kier alpha value is -2.90. The lowest BCUT2D eigenvalue weighted by Crippen LogP contribution is -2.08. The van der Waals surface area contributed by atoms with E-state index in [-0.39, 0.29) is 0 Å². The molecule has 1 saturated heterocycles. The van der Waals surface area contributed by atoms with E-state index in [0.717, 1.165) is 52.4 Å². The SMILES string of the molecule is Cc1nc(NCc2ccccc2-c2ccco2)sc1-c1ccn([C@@H]2CCOC2)n1. The molecule has 0 radical (unpaired) electrons. The summed E-state index contributed by atoms with van der Waals surface area (Å²) in [5.41, 5.74) is 4.22. The Labute approximate surface area is 173 Å². The summed E-state index contributed by atoms with van der Waals surface area (Å²) >= 11 is 1.64. The van der Waals surface area contributed by atoms with Gasteiger partial charge in [0, 0.05) is 24.9 Å². The molecular formula is C22H22N4O2S. The fourth-order valence-corrected chi connectivity index (χ4v) is 4.55. The monoisotopic (exact) mass is 406 g/mol. The van der Waals surface area contributed by atoms with Gasteiger partial charge in [-0.15, -0.1) is 0 Å². The lowest BCUT2D eigenvalue weighted by molar-refractivity contribution is 0.184. The molecule has 1 aliphatic rings. The van der Waals surface area contributed by atoms with Gasteiger partial charge in [0.1, 0.15) is 11.5 Å². The fraction of sp³-hybridized carbons (Fsp3) is 0.273. The van der Waals surface area contributed by atoms with Crippen molar-refractivity contribution in [2.45, 2.75) is 25.9 Å². The number of ether oxygens (including phenoxy) is 1. The summed E-state index contributed by atoms with van der Waals surface area (Å²) in [6.07, 6.45) is 4.76. The van der Waals surface area contributed by atoms with E-state index >= 15 is 0 Å². The Morgan fingerprint density at radius 1 is 1.21 bits per heavy atom. The highest BCUT2D eigenvalue weighted by Gasteiger charge is 2.20. The number of nitrogens with one attached hydrogen (secondary N) is 1. The van der Waals surface area contributed by atoms with Gasteiger partial charge >= 0.3 is 0 Å². The largest absolute Gasteiger partial charge is 0.464 e. The number of hydrogen-bond acceptors (Lipinski definition) is 6. The number of rotatable bonds is 6. The number of nitrogens with zero attached hydrogens (tertiary/aromatic N) is 3. The number of thiazole rings is 1. The minimum atomic E-state index is 0.340. The molecule has 1 N–H and O–H groups in total. The number of hydrogen-bond donors (Lipinski definition) is 1. The quantitative estimate of drug-likeness (QED) is 0.480. The number of furan rings is 1. The van der Waals surface area contributed by atoms with Crippen LogP contribution in [0.3, 0.4) is 0 Å². The minimum Gasteiger partial charge on any atom is -0.464 e. The molecule has 1 aliphatic heterocycles. The second-order valence-electron chi connectivity index (χ2n) is 7.12. The van der Waals surface area contributed by atoms with Crippen LogP contribution in [0.2, 0.25) is 0 Å². The van der Waals surface area contributed by atoms with Crippen LogP contribution in [0.4, 0.5) is 5.13 Å². The molecule has 1 aromatic carbocycles.